The number of aromatic nitrogens is 4. The number of nitrogens with zero attached hydrogens (tertiary/aromatic N) is 4. The van der Waals surface area contributed by atoms with E-state index in [2.05, 4.69) is 105 Å². The number of rotatable bonds is 5. The van der Waals surface area contributed by atoms with Crippen LogP contribution in [0.1, 0.15) is 25.0 Å². The molecule has 5 nitrogen and oxygen atoms in total. The zero-order valence-corrected chi connectivity index (χ0v) is 30.9. The zero-order chi connectivity index (χ0) is 37.4. The van der Waals surface area contributed by atoms with Crippen molar-refractivity contribution in [3.8, 4) is 67.7 Å². The molecule has 56 heavy (non-hydrogen) atoms. The number of benzene rings is 7. The van der Waals surface area contributed by atoms with E-state index in [9.17, 15) is 0 Å². The molecule has 0 unspecified atom stereocenters. The molecule has 0 aliphatic heterocycles. The summed E-state index contributed by atoms with van der Waals surface area (Å²) in [6.07, 6.45) is 0. The fraction of sp³-hybridized carbons (Fsp3) is 0.0588. The Bertz CT molecular complexity index is 3110. The molecule has 0 bridgehead atoms. The molecule has 0 N–H and O–H groups in total. The van der Waals surface area contributed by atoms with Gasteiger partial charge in [-0.05, 0) is 69.8 Å². The number of fused-ring (bicyclic) bond motifs is 7. The maximum atomic E-state index is 6.54. The van der Waals surface area contributed by atoms with Crippen LogP contribution in [0, 0.1) is 0 Å². The standard InChI is InChI=1S/C51H34N4O/c1-51(2)40-23-11-9-20-36(40)46-35(21-13-24-41(46)51)38-30-43(52-42-25-12-10-19-34(38)42)37-22-14-26-45-47(37)39-29-33(27-28-44(39)56-45)50-54-48(31-15-5-3-6-16-31)53-49(55-50)32-17-7-4-8-18-32/h3-30H,1-2H3. The van der Waals surface area contributed by atoms with Gasteiger partial charge in [0.15, 0.2) is 17.5 Å². The van der Waals surface area contributed by atoms with E-state index >= 15 is 0 Å². The highest BCUT2D eigenvalue weighted by molar-refractivity contribution is 6.14. The topological polar surface area (TPSA) is 64.7 Å². The fourth-order valence-corrected chi connectivity index (χ4v) is 8.63. The minimum Gasteiger partial charge on any atom is -0.456 e. The highest BCUT2D eigenvalue weighted by Crippen LogP contribution is 2.53. The highest BCUT2D eigenvalue weighted by Gasteiger charge is 2.36. The Morgan fingerprint density at radius 2 is 1.02 bits per heavy atom. The molecule has 0 amide bonds. The Morgan fingerprint density at radius 1 is 0.411 bits per heavy atom. The second-order valence-electron chi connectivity index (χ2n) is 15.0. The number of para-hydroxylation sites is 1. The minimum atomic E-state index is -0.102. The predicted molar refractivity (Wildman–Crippen MR) is 227 cm³/mol. The van der Waals surface area contributed by atoms with E-state index in [4.69, 9.17) is 24.4 Å². The molecular weight excluding hydrogens is 685 g/mol. The van der Waals surface area contributed by atoms with Gasteiger partial charge in [-0.15, -0.1) is 0 Å². The van der Waals surface area contributed by atoms with Crippen LogP contribution in [0.3, 0.4) is 0 Å². The Labute approximate surface area is 324 Å². The van der Waals surface area contributed by atoms with Gasteiger partial charge in [-0.2, -0.15) is 0 Å². The van der Waals surface area contributed by atoms with Crippen molar-refractivity contribution in [1.29, 1.82) is 0 Å². The number of hydrogen-bond donors (Lipinski definition) is 0. The number of furan rings is 1. The first-order valence-corrected chi connectivity index (χ1v) is 19.0. The smallest absolute Gasteiger partial charge is 0.164 e. The van der Waals surface area contributed by atoms with Gasteiger partial charge < -0.3 is 4.42 Å². The summed E-state index contributed by atoms with van der Waals surface area (Å²) in [5.74, 6) is 1.84. The molecule has 0 radical (unpaired) electrons. The maximum Gasteiger partial charge on any atom is 0.164 e. The van der Waals surface area contributed by atoms with Crippen LogP contribution in [0.25, 0.3) is 101 Å². The summed E-state index contributed by atoms with van der Waals surface area (Å²) < 4.78 is 6.54. The summed E-state index contributed by atoms with van der Waals surface area (Å²) in [7, 11) is 0. The first-order chi connectivity index (χ1) is 27.5. The van der Waals surface area contributed by atoms with Gasteiger partial charge in [-0.3, -0.25) is 0 Å². The average Bonchev–Trinajstić information content (AvgIpc) is 3.75. The summed E-state index contributed by atoms with van der Waals surface area (Å²) in [4.78, 5) is 20.3. The molecule has 7 aromatic carbocycles. The van der Waals surface area contributed by atoms with Crippen LogP contribution < -0.4 is 0 Å². The molecule has 11 rings (SSSR count). The molecule has 0 fully saturated rings. The molecule has 0 saturated carbocycles. The normalized spacial score (nSPS) is 13.0. The third-order valence-corrected chi connectivity index (χ3v) is 11.3. The highest BCUT2D eigenvalue weighted by atomic mass is 16.3. The molecule has 264 valence electrons. The van der Waals surface area contributed by atoms with Crippen molar-refractivity contribution in [3.05, 3.63) is 181 Å². The SMILES string of the molecule is CC1(C)c2ccccc2-c2c(-c3cc(-c4cccc5oc6ccc(-c7nc(-c8ccccc8)nc(-c8ccccc8)n7)cc6c45)nc4ccccc34)cccc21. The lowest BCUT2D eigenvalue weighted by atomic mass is 9.82. The fourth-order valence-electron chi connectivity index (χ4n) is 8.63. The largest absolute Gasteiger partial charge is 0.456 e. The monoisotopic (exact) mass is 718 g/mol. The number of pyridine rings is 1. The Kier molecular flexibility index (Phi) is 7.13. The first kappa shape index (κ1) is 32.2. The second-order valence-corrected chi connectivity index (χ2v) is 15.0. The van der Waals surface area contributed by atoms with E-state index in [-0.39, 0.29) is 5.41 Å². The van der Waals surface area contributed by atoms with Crippen molar-refractivity contribution in [2.45, 2.75) is 19.3 Å². The van der Waals surface area contributed by atoms with E-state index in [0.717, 1.165) is 66.4 Å². The quantitative estimate of drug-likeness (QED) is 0.177. The van der Waals surface area contributed by atoms with E-state index in [1.165, 1.54) is 27.8 Å². The van der Waals surface area contributed by atoms with Crippen molar-refractivity contribution in [2.24, 2.45) is 0 Å². The van der Waals surface area contributed by atoms with Crippen molar-refractivity contribution >= 4 is 32.8 Å². The van der Waals surface area contributed by atoms with Crippen molar-refractivity contribution in [3.63, 3.8) is 0 Å². The summed E-state index contributed by atoms with van der Waals surface area (Å²) in [6, 6.07) is 58.9. The van der Waals surface area contributed by atoms with Gasteiger partial charge >= 0.3 is 0 Å². The van der Waals surface area contributed by atoms with Crippen molar-refractivity contribution in [1.82, 2.24) is 19.9 Å². The predicted octanol–water partition coefficient (Wildman–Crippen LogP) is 13.0. The van der Waals surface area contributed by atoms with Gasteiger partial charge in [-0.1, -0.05) is 147 Å². The molecule has 1 aliphatic rings. The maximum absolute atomic E-state index is 6.54. The molecule has 5 heteroatoms. The van der Waals surface area contributed by atoms with Gasteiger partial charge in [0, 0.05) is 43.8 Å². The first-order valence-electron chi connectivity index (χ1n) is 19.0. The van der Waals surface area contributed by atoms with Gasteiger partial charge in [0.2, 0.25) is 0 Å². The average molecular weight is 719 g/mol. The second kappa shape index (κ2) is 12.4. The van der Waals surface area contributed by atoms with Gasteiger partial charge in [0.25, 0.3) is 0 Å². The van der Waals surface area contributed by atoms with Crippen LogP contribution in [0.2, 0.25) is 0 Å². The Morgan fingerprint density at radius 3 is 1.79 bits per heavy atom. The molecule has 0 spiro atoms. The Hall–Kier alpha value is -7.24. The van der Waals surface area contributed by atoms with Crippen LogP contribution in [0.15, 0.2) is 174 Å². The Balaban J connectivity index is 1.12. The molecule has 3 heterocycles. The third-order valence-electron chi connectivity index (χ3n) is 11.3. The lowest BCUT2D eigenvalue weighted by molar-refractivity contribution is 0.660. The molecular formula is C51H34N4O. The van der Waals surface area contributed by atoms with Crippen molar-refractivity contribution < 1.29 is 4.42 Å². The zero-order valence-electron chi connectivity index (χ0n) is 30.9. The van der Waals surface area contributed by atoms with Gasteiger partial charge in [-0.25, -0.2) is 19.9 Å². The summed E-state index contributed by atoms with van der Waals surface area (Å²) in [6.45, 7) is 4.66. The molecule has 0 atom stereocenters. The summed E-state index contributed by atoms with van der Waals surface area (Å²) in [5, 5.41) is 3.10. The van der Waals surface area contributed by atoms with E-state index in [1.807, 2.05) is 78.9 Å². The van der Waals surface area contributed by atoms with Gasteiger partial charge in [0.05, 0.1) is 11.2 Å². The van der Waals surface area contributed by atoms with Crippen LogP contribution in [-0.4, -0.2) is 19.9 Å². The van der Waals surface area contributed by atoms with Crippen LogP contribution in [0.4, 0.5) is 0 Å². The lowest BCUT2D eigenvalue weighted by Crippen LogP contribution is -2.14. The van der Waals surface area contributed by atoms with Crippen LogP contribution in [0.5, 0.6) is 0 Å². The molecule has 0 saturated heterocycles. The van der Waals surface area contributed by atoms with Gasteiger partial charge in [0.1, 0.15) is 11.2 Å². The van der Waals surface area contributed by atoms with E-state index < -0.39 is 0 Å². The van der Waals surface area contributed by atoms with Crippen LogP contribution in [-0.2, 0) is 5.41 Å². The summed E-state index contributed by atoms with van der Waals surface area (Å²) >= 11 is 0. The lowest BCUT2D eigenvalue weighted by Gasteiger charge is -2.21. The molecule has 1 aliphatic carbocycles. The third kappa shape index (κ3) is 5.01. The van der Waals surface area contributed by atoms with E-state index in [0.29, 0.717) is 17.5 Å². The van der Waals surface area contributed by atoms with Crippen molar-refractivity contribution in [2.75, 3.05) is 0 Å². The summed E-state index contributed by atoms with van der Waals surface area (Å²) in [5.41, 5.74) is 14.7. The number of hydrogen-bond acceptors (Lipinski definition) is 5. The van der Waals surface area contributed by atoms with E-state index in [1.54, 1.807) is 0 Å². The van der Waals surface area contributed by atoms with Crippen LogP contribution >= 0.6 is 0 Å². The minimum absolute atomic E-state index is 0.102. The molecule has 10 aromatic rings. The molecule has 3 aromatic heterocycles.